The van der Waals surface area contributed by atoms with Crippen LogP contribution in [0, 0.1) is 5.92 Å². The maximum Gasteiger partial charge on any atom is 0.230 e. The second-order valence-corrected chi connectivity index (χ2v) is 6.34. The molecule has 0 radical (unpaired) electrons. The topological polar surface area (TPSA) is 78.0 Å². The number of nitrogens with zero attached hydrogens (tertiary/aromatic N) is 1. The quantitative estimate of drug-likeness (QED) is 0.683. The van der Waals surface area contributed by atoms with E-state index in [-0.39, 0.29) is 18.6 Å². The van der Waals surface area contributed by atoms with Gasteiger partial charge in [0.2, 0.25) is 5.91 Å². The number of aromatic nitrogens is 2. The molecule has 3 N–H and O–H groups in total. The molecule has 1 aromatic heterocycles. The van der Waals surface area contributed by atoms with Crippen molar-refractivity contribution >= 4 is 28.7 Å². The molecule has 1 aliphatic carbocycles. The molecular weight excluding hydrogens is 286 g/mol. The Morgan fingerprint density at radius 3 is 3.00 bits per heavy atom. The van der Waals surface area contributed by atoms with Crippen molar-refractivity contribution in [1.82, 2.24) is 15.3 Å². The number of para-hydroxylation sites is 2. The maximum absolute atomic E-state index is 12.0. The fourth-order valence-corrected chi connectivity index (χ4v) is 3.14. The van der Waals surface area contributed by atoms with E-state index in [9.17, 15) is 4.79 Å². The van der Waals surface area contributed by atoms with Crippen LogP contribution in [-0.2, 0) is 4.79 Å². The summed E-state index contributed by atoms with van der Waals surface area (Å²) >= 11 is 1.41. The zero-order valence-electron chi connectivity index (χ0n) is 11.7. The number of fused-ring (bicyclic) bond motifs is 1. The number of benzene rings is 1. The highest BCUT2D eigenvalue weighted by molar-refractivity contribution is 7.99. The smallest absolute Gasteiger partial charge is 0.230 e. The molecule has 2 aromatic rings. The number of aliphatic hydroxyl groups excluding tert-OH is 1. The number of aliphatic hydroxyl groups is 1. The van der Waals surface area contributed by atoms with E-state index in [4.69, 9.17) is 5.11 Å². The summed E-state index contributed by atoms with van der Waals surface area (Å²) in [5.74, 6) is 0.900. The van der Waals surface area contributed by atoms with Gasteiger partial charge in [-0.05, 0) is 37.3 Å². The minimum absolute atomic E-state index is 0.00538. The molecule has 1 fully saturated rings. The molecule has 1 atom stereocenters. The number of nitrogens with one attached hydrogen (secondary N) is 2. The van der Waals surface area contributed by atoms with Crippen LogP contribution in [0.4, 0.5) is 0 Å². The van der Waals surface area contributed by atoms with E-state index in [2.05, 4.69) is 15.3 Å². The molecule has 1 heterocycles. The highest BCUT2D eigenvalue weighted by Gasteiger charge is 2.31. The van der Waals surface area contributed by atoms with Gasteiger partial charge in [0.15, 0.2) is 5.16 Å². The van der Waals surface area contributed by atoms with Gasteiger partial charge in [-0.25, -0.2) is 4.98 Å². The summed E-state index contributed by atoms with van der Waals surface area (Å²) in [6.45, 7) is 0.123. The summed E-state index contributed by atoms with van der Waals surface area (Å²) in [5, 5.41) is 12.8. The summed E-state index contributed by atoms with van der Waals surface area (Å²) in [5.41, 5.74) is 1.90. The van der Waals surface area contributed by atoms with E-state index in [1.807, 2.05) is 24.3 Å². The third-order valence-electron chi connectivity index (χ3n) is 3.69. The summed E-state index contributed by atoms with van der Waals surface area (Å²) in [4.78, 5) is 19.6. The highest BCUT2D eigenvalue weighted by atomic mass is 32.2. The van der Waals surface area contributed by atoms with Crippen molar-refractivity contribution in [3.63, 3.8) is 0 Å². The Bertz CT molecular complexity index is 591. The Morgan fingerprint density at radius 1 is 1.48 bits per heavy atom. The zero-order valence-corrected chi connectivity index (χ0v) is 12.5. The summed E-state index contributed by atoms with van der Waals surface area (Å²) < 4.78 is 0. The molecule has 1 amide bonds. The minimum Gasteiger partial charge on any atom is -0.396 e. The van der Waals surface area contributed by atoms with Gasteiger partial charge < -0.3 is 15.4 Å². The van der Waals surface area contributed by atoms with E-state index < -0.39 is 0 Å². The van der Waals surface area contributed by atoms with Gasteiger partial charge >= 0.3 is 0 Å². The van der Waals surface area contributed by atoms with Gasteiger partial charge in [-0.15, -0.1) is 0 Å². The van der Waals surface area contributed by atoms with Gasteiger partial charge in [-0.3, -0.25) is 4.79 Å². The Labute approximate surface area is 127 Å². The Hall–Kier alpha value is -1.53. The predicted molar refractivity (Wildman–Crippen MR) is 83.2 cm³/mol. The number of amides is 1. The van der Waals surface area contributed by atoms with E-state index in [0.717, 1.165) is 29.0 Å². The van der Waals surface area contributed by atoms with Crippen LogP contribution in [0.25, 0.3) is 11.0 Å². The number of carbonyl (C=O) groups is 1. The molecule has 1 aliphatic rings. The van der Waals surface area contributed by atoms with E-state index in [1.165, 1.54) is 11.8 Å². The summed E-state index contributed by atoms with van der Waals surface area (Å²) in [7, 11) is 0. The highest BCUT2D eigenvalue weighted by Crippen LogP contribution is 2.34. The van der Waals surface area contributed by atoms with Crippen LogP contribution in [0.5, 0.6) is 0 Å². The van der Waals surface area contributed by atoms with Crippen molar-refractivity contribution in [3.05, 3.63) is 24.3 Å². The number of aromatic amines is 1. The average molecular weight is 305 g/mol. The van der Waals surface area contributed by atoms with Crippen LogP contribution in [0.2, 0.25) is 0 Å². The normalized spacial score (nSPS) is 16.0. The van der Waals surface area contributed by atoms with Crippen molar-refractivity contribution in [2.24, 2.45) is 5.92 Å². The van der Waals surface area contributed by atoms with Gasteiger partial charge in [0.05, 0.1) is 16.8 Å². The van der Waals surface area contributed by atoms with E-state index in [0.29, 0.717) is 18.1 Å². The average Bonchev–Trinajstić information content (AvgIpc) is 3.24. The lowest BCUT2D eigenvalue weighted by atomic mass is 10.1. The number of thioether (sulfide) groups is 1. The number of hydrogen-bond donors (Lipinski definition) is 3. The Balaban J connectivity index is 1.52. The third-order valence-corrected chi connectivity index (χ3v) is 4.56. The standard InChI is InChI=1S/C15H19N3O2S/c19-8-7-11(10-5-6-10)16-14(20)9-21-15-17-12-3-1-2-4-13(12)18-15/h1-4,10-11,19H,5-9H2,(H,16,20)(H,17,18). The van der Waals surface area contributed by atoms with Crippen molar-refractivity contribution in [1.29, 1.82) is 0 Å². The van der Waals surface area contributed by atoms with Crippen molar-refractivity contribution in [3.8, 4) is 0 Å². The fourth-order valence-electron chi connectivity index (χ4n) is 2.44. The van der Waals surface area contributed by atoms with Gasteiger partial charge in [0.25, 0.3) is 0 Å². The van der Waals surface area contributed by atoms with Crippen LogP contribution >= 0.6 is 11.8 Å². The molecule has 1 aromatic carbocycles. The molecule has 1 saturated carbocycles. The lowest BCUT2D eigenvalue weighted by Crippen LogP contribution is -2.38. The minimum atomic E-state index is 0.00538. The van der Waals surface area contributed by atoms with Gasteiger partial charge in [0.1, 0.15) is 0 Å². The van der Waals surface area contributed by atoms with Crippen LogP contribution in [-0.4, -0.2) is 39.4 Å². The molecule has 1 unspecified atom stereocenters. The number of rotatable bonds is 7. The number of carbonyl (C=O) groups excluding carboxylic acids is 1. The molecule has 5 nitrogen and oxygen atoms in total. The van der Waals surface area contributed by atoms with Crippen LogP contribution in [0.15, 0.2) is 29.4 Å². The first-order valence-electron chi connectivity index (χ1n) is 7.24. The van der Waals surface area contributed by atoms with Gasteiger partial charge in [-0.2, -0.15) is 0 Å². The van der Waals surface area contributed by atoms with Crippen molar-refractivity contribution in [2.75, 3.05) is 12.4 Å². The van der Waals surface area contributed by atoms with E-state index in [1.54, 1.807) is 0 Å². The van der Waals surface area contributed by atoms with Crippen molar-refractivity contribution in [2.45, 2.75) is 30.5 Å². The second-order valence-electron chi connectivity index (χ2n) is 5.37. The van der Waals surface area contributed by atoms with Gasteiger partial charge in [0, 0.05) is 12.6 Å². The first-order chi connectivity index (χ1) is 10.3. The van der Waals surface area contributed by atoms with Crippen LogP contribution in [0.1, 0.15) is 19.3 Å². The lowest BCUT2D eigenvalue weighted by molar-refractivity contribution is -0.119. The molecule has 0 aliphatic heterocycles. The monoisotopic (exact) mass is 305 g/mol. The van der Waals surface area contributed by atoms with E-state index >= 15 is 0 Å². The van der Waals surface area contributed by atoms with Crippen molar-refractivity contribution < 1.29 is 9.90 Å². The van der Waals surface area contributed by atoms with Gasteiger partial charge in [-0.1, -0.05) is 23.9 Å². The molecule has 6 heteroatoms. The molecule has 0 spiro atoms. The number of H-pyrrole nitrogens is 1. The fraction of sp³-hybridized carbons (Fsp3) is 0.467. The molecule has 0 bridgehead atoms. The predicted octanol–water partition coefficient (Wildman–Crippen LogP) is 1.93. The molecule has 3 rings (SSSR count). The maximum atomic E-state index is 12.0. The second kappa shape index (κ2) is 6.49. The first kappa shape index (κ1) is 14.4. The Kier molecular flexibility index (Phi) is 4.45. The number of hydrogen-bond acceptors (Lipinski definition) is 4. The summed E-state index contributed by atoms with van der Waals surface area (Å²) in [6, 6.07) is 7.94. The molecular formula is C15H19N3O2S. The number of imidazole rings is 1. The molecule has 21 heavy (non-hydrogen) atoms. The molecule has 0 saturated heterocycles. The zero-order chi connectivity index (χ0) is 14.7. The summed E-state index contributed by atoms with van der Waals surface area (Å²) in [6.07, 6.45) is 2.95. The SMILES string of the molecule is O=C(CSc1nc2ccccc2[nH]1)NC(CCO)C1CC1. The van der Waals surface area contributed by atoms with Crippen LogP contribution in [0.3, 0.4) is 0 Å². The third kappa shape index (κ3) is 3.77. The van der Waals surface area contributed by atoms with Crippen LogP contribution < -0.4 is 5.32 Å². The Morgan fingerprint density at radius 2 is 2.29 bits per heavy atom. The largest absolute Gasteiger partial charge is 0.396 e. The molecule has 112 valence electrons. The lowest BCUT2D eigenvalue weighted by Gasteiger charge is -2.16. The first-order valence-corrected chi connectivity index (χ1v) is 8.22.